The molecule has 1 fully saturated rings. The van der Waals surface area contributed by atoms with Gasteiger partial charge in [0.2, 0.25) is 6.10 Å². The molecule has 3 amide bonds. The van der Waals surface area contributed by atoms with Crippen molar-refractivity contribution in [2.45, 2.75) is 6.10 Å². The fraction of sp³-hybridized carbons (Fsp3) is 0.118. The first-order valence-electron chi connectivity index (χ1n) is 6.89. The fourth-order valence-electron chi connectivity index (χ4n) is 2.30. The Kier molecular flexibility index (Phi) is 3.80. The van der Waals surface area contributed by atoms with Crippen LogP contribution in [-0.4, -0.2) is 29.9 Å². The first kappa shape index (κ1) is 14.8. The summed E-state index contributed by atoms with van der Waals surface area (Å²) in [7, 11) is 1.50. The minimum Gasteiger partial charge on any atom is -0.497 e. The molecule has 1 saturated heterocycles. The predicted molar refractivity (Wildman–Crippen MR) is 79.8 cm³/mol. The monoisotopic (exact) mass is 311 g/mol. The zero-order valence-electron chi connectivity index (χ0n) is 12.3. The first-order valence-corrected chi connectivity index (χ1v) is 6.89. The highest BCUT2D eigenvalue weighted by atomic mass is 16.6. The molecule has 1 aliphatic rings. The summed E-state index contributed by atoms with van der Waals surface area (Å²) in [6.07, 6.45) is -2.06. The van der Waals surface area contributed by atoms with E-state index in [4.69, 9.17) is 9.47 Å². The zero-order valence-corrected chi connectivity index (χ0v) is 12.3. The van der Waals surface area contributed by atoms with Crippen molar-refractivity contribution in [2.75, 3.05) is 7.11 Å². The number of carbonyl (C=O) groups is 3. The predicted octanol–water partition coefficient (Wildman–Crippen LogP) is 2.56. The van der Waals surface area contributed by atoms with E-state index in [2.05, 4.69) is 0 Å². The quantitative estimate of drug-likeness (QED) is 0.815. The number of carbonyl (C=O) groups excluding carboxylic acids is 3. The molecule has 1 heterocycles. The number of nitrogens with zero attached hydrogens (tertiary/aromatic N) is 1. The van der Waals surface area contributed by atoms with Crippen molar-refractivity contribution in [3.05, 3.63) is 65.7 Å². The lowest BCUT2D eigenvalue weighted by molar-refractivity contribution is -0.128. The Balaban J connectivity index is 1.86. The molecular formula is C17H13NO5. The van der Waals surface area contributed by atoms with E-state index in [1.807, 2.05) is 0 Å². The second-order valence-corrected chi connectivity index (χ2v) is 4.88. The number of rotatable bonds is 3. The van der Waals surface area contributed by atoms with Gasteiger partial charge in [0.1, 0.15) is 5.75 Å². The third-order valence-corrected chi connectivity index (χ3v) is 3.49. The summed E-state index contributed by atoms with van der Waals surface area (Å²) >= 11 is 0. The van der Waals surface area contributed by atoms with Gasteiger partial charge in [-0.3, -0.25) is 9.59 Å². The van der Waals surface area contributed by atoms with Crippen LogP contribution >= 0.6 is 0 Å². The molecule has 6 heteroatoms. The topological polar surface area (TPSA) is 72.9 Å². The number of methoxy groups -OCH3 is 1. The molecule has 116 valence electrons. The maximum Gasteiger partial charge on any atom is 0.425 e. The lowest BCUT2D eigenvalue weighted by atomic mass is 10.1. The van der Waals surface area contributed by atoms with Crippen molar-refractivity contribution in [3.63, 3.8) is 0 Å². The molecule has 6 nitrogen and oxygen atoms in total. The van der Waals surface area contributed by atoms with Gasteiger partial charge >= 0.3 is 6.09 Å². The molecule has 1 unspecified atom stereocenters. The van der Waals surface area contributed by atoms with Crippen molar-refractivity contribution >= 4 is 17.9 Å². The van der Waals surface area contributed by atoms with E-state index < -0.39 is 24.0 Å². The number of imide groups is 3. The van der Waals surface area contributed by atoms with Crippen molar-refractivity contribution < 1.29 is 23.9 Å². The van der Waals surface area contributed by atoms with Crippen molar-refractivity contribution in [1.29, 1.82) is 0 Å². The third kappa shape index (κ3) is 2.66. The van der Waals surface area contributed by atoms with Crippen LogP contribution in [0.15, 0.2) is 54.6 Å². The Morgan fingerprint density at radius 2 is 1.70 bits per heavy atom. The zero-order chi connectivity index (χ0) is 16.4. The van der Waals surface area contributed by atoms with E-state index in [0.29, 0.717) is 16.2 Å². The normalized spacial score (nSPS) is 17.1. The summed E-state index contributed by atoms with van der Waals surface area (Å²) in [5, 5.41) is 0. The lowest BCUT2D eigenvalue weighted by Crippen LogP contribution is -2.36. The van der Waals surface area contributed by atoms with E-state index in [1.54, 1.807) is 42.5 Å². The van der Waals surface area contributed by atoms with Crippen molar-refractivity contribution in [1.82, 2.24) is 4.90 Å². The molecule has 23 heavy (non-hydrogen) atoms. The molecule has 0 spiro atoms. The highest BCUT2D eigenvalue weighted by Crippen LogP contribution is 2.28. The van der Waals surface area contributed by atoms with Crippen LogP contribution in [0.1, 0.15) is 22.0 Å². The first-order chi connectivity index (χ1) is 11.1. The van der Waals surface area contributed by atoms with Gasteiger partial charge in [0.25, 0.3) is 11.8 Å². The van der Waals surface area contributed by atoms with Crippen LogP contribution in [0, 0.1) is 0 Å². The lowest BCUT2D eigenvalue weighted by Gasteiger charge is -2.10. The molecule has 1 aliphatic heterocycles. The summed E-state index contributed by atoms with van der Waals surface area (Å²) in [5.74, 6) is -0.845. The van der Waals surface area contributed by atoms with Crippen LogP contribution in [-0.2, 0) is 9.53 Å². The van der Waals surface area contributed by atoms with E-state index in [-0.39, 0.29) is 5.56 Å². The van der Waals surface area contributed by atoms with E-state index in [1.165, 1.54) is 19.2 Å². The largest absolute Gasteiger partial charge is 0.497 e. The van der Waals surface area contributed by atoms with Gasteiger partial charge in [-0.05, 0) is 24.3 Å². The summed E-state index contributed by atoms with van der Waals surface area (Å²) in [5.41, 5.74) is 0.723. The summed E-state index contributed by atoms with van der Waals surface area (Å²) < 4.78 is 10.1. The van der Waals surface area contributed by atoms with Crippen molar-refractivity contribution in [3.8, 4) is 5.75 Å². The Morgan fingerprint density at radius 1 is 1.04 bits per heavy atom. The van der Waals surface area contributed by atoms with Crippen LogP contribution in [0.5, 0.6) is 5.75 Å². The molecule has 2 aromatic carbocycles. The van der Waals surface area contributed by atoms with Gasteiger partial charge in [-0.1, -0.05) is 30.3 Å². The smallest absolute Gasteiger partial charge is 0.425 e. The average molecular weight is 311 g/mol. The molecule has 0 N–H and O–H groups in total. The van der Waals surface area contributed by atoms with Gasteiger partial charge in [-0.2, -0.15) is 4.90 Å². The number of cyclic esters (lactones) is 1. The fourth-order valence-corrected chi connectivity index (χ4v) is 2.30. The Morgan fingerprint density at radius 3 is 2.30 bits per heavy atom. The molecule has 0 aromatic heterocycles. The number of amides is 3. The molecule has 0 saturated carbocycles. The van der Waals surface area contributed by atoms with Crippen LogP contribution in [0.25, 0.3) is 0 Å². The second-order valence-electron chi connectivity index (χ2n) is 4.88. The van der Waals surface area contributed by atoms with Gasteiger partial charge in [-0.15, -0.1) is 0 Å². The highest BCUT2D eigenvalue weighted by Gasteiger charge is 2.45. The summed E-state index contributed by atoms with van der Waals surface area (Å²) in [4.78, 5) is 37.3. The molecule has 3 rings (SSSR count). The van der Waals surface area contributed by atoms with Crippen LogP contribution in [0.3, 0.4) is 0 Å². The Bertz CT molecular complexity index is 754. The summed E-state index contributed by atoms with van der Waals surface area (Å²) in [6, 6.07) is 14.7. The van der Waals surface area contributed by atoms with Gasteiger partial charge in [0, 0.05) is 11.1 Å². The Hall–Kier alpha value is -3.15. The molecule has 0 radical (unpaired) electrons. The molecule has 0 aliphatic carbocycles. The van der Waals surface area contributed by atoms with Crippen LogP contribution < -0.4 is 4.74 Å². The number of ether oxygens (including phenoxy) is 2. The Labute approximate surface area is 132 Å². The second kappa shape index (κ2) is 5.92. The maximum atomic E-state index is 12.4. The minimum absolute atomic E-state index is 0.199. The van der Waals surface area contributed by atoms with Gasteiger partial charge in [-0.25, -0.2) is 4.79 Å². The number of hydrogen-bond acceptors (Lipinski definition) is 5. The van der Waals surface area contributed by atoms with Gasteiger partial charge in [0.15, 0.2) is 0 Å². The standard InChI is InChI=1S/C17H13NO5/c1-22-13-9-7-12(8-10-13)15(19)18-16(20)14(23-17(18)21)11-5-3-2-4-6-11/h2-10,14H,1H3. The molecular weight excluding hydrogens is 298 g/mol. The SMILES string of the molecule is COc1ccc(C(=O)N2C(=O)OC(c3ccccc3)C2=O)cc1. The van der Waals surface area contributed by atoms with Gasteiger partial charge < -0.3 is 9.47 Å². The number of benzene rings is 2. The van der Waals surface area contributed by atoms with Crippen LogP contribution in [0.2, 0.25) is 0 Å². The van der Waals surface area contributed by atoms with Crippen LogP contribution in [0.4, 0.5) is 4.79 Å². The van der Waals surface area contributed by atoms with E-state index >= 15 is 0 Å². The average Bonchev–Trinajstić information content (AvgIpc) is 2.89. The molecule has 1 atom stereocenters. The third-order valence-electron chi connectivity index (χ3n) is 3.49. The maximum absolute atomic E-state index is 12.4. The van der Waals surface area contributed by atoms with E-state index in [9.17, 15) is 14.4 Å². The van der Waals surface area contributed by atoms with E-state index in [0.717, 1.165) is 0 Å². The molecule has 0 bridgehead atoms. The molecule has 2 aromatic rings. The number of hydrogen-bond donors (Lipinski definition) is 0. The van der Waals surface area contributed by atoms with Gasteiger partial charge in [0.05, 0.1) is 7.11 Å². The van der Waals surface area contributed by atoms with Crippen molar-refractivity contribution in [2.24, 2.45) is 0 Å². The minimum atomic E-state index is -1.09. The summed E-state index contributed by atoms with van der Waals surface area (Å²) in [6.45, 7) is 0. The highest BCUT2D eigenvalue weighted by molar-refractivity contribution is 6.18.